The van der Waals surface area contributed by atoms with E-state index in [-0.39, 0.29) is 55.4 Å². The van der Waals surface area contributed by atoms with Gasteiger partial charge in [0, 0.05) is 32.7 Å². The Morgan fingerprint density at radius 1 is 1.19 bits per heavy atom. The highest BCUT2D eigenvalue weighted by molar-refractivity contribution is 14.1. The number of methoxy groups -OCH3 is 1. The largest absolute Gasteiger partial charge is 0.449 e. The zero-order chi connectivity index (χ0) is 26.2. The number of nitrogens with two attached hydrogens (primary N) is 1. The van der Waals surface area contributed by atoms with E-state index in [9.17, 15) is 19.2 Å². The fraction of sp³-hybridized carbons (Fsp3) is 0.739. The van der Waals surface area contributed by atoms with Crippen LogP contribution in [0.25, 0.3) is 0 Å². The Kier molecular flexibility index (Phi) is 6.18. The van der Waals surface area contributed by atoms with Crippen molar-refractivity contribution in [2.75, 3.05) is 53.1 Å². The SMILES string of the molecule is CCN(CC)CC1(I)C(=O)C2=C(C(=O)C13OCCO3)[C@@H](COC(N)=O)[C@@]1(OC)[C@@H]3[C@H](CN21)N3C(C)=O. The molecule has 0 aromatic rings. The highest BCUT2D eigenvalue weighted by Crippen LogP contribution is 2.62. The molecule has 13 heteroatoms. The van der Waals surface area contributed by atoms with Crippen molar-refractivity contribution in [1.29, 1.82) is 0 Å². The quantitative estimate of drug-likeness (QED) is 0.229. The number of rotatable bonds is 7. The van der Waals surface area contributed by atoms with Crippen molar-refractivity contribution in [3.63, 3.8) is 0 Å². The van der Waals surface area contributed by atoms with Gasteiger partial charge in [-0.05, 0) is 13.1 Å². The van der Waals surface area contributed by atoms with Crippen LogP contribution in [0.1, 0.15) is 20.8 Å². The fourth-order valence-corrected chi connectivity index (χ4v) is 7.98. The lowest BCUT2D eigenvalue weighted by molar-refractivity contribution is -0.192. The number of primary amides is 1. The fourth-order valence-electron chi connectivity index (χ4n) is 6.69. The molecular formula is C23H31IN4O8. The van der Waals surface area contributed by atoms with Gasteiger partial charge >= 0.3 is 6.09 Å². The molecule has 5 aliphatic rings. The Bertz CT molecular complexity index is 1060. The van der Waals surface area contributed by atoms with E-state index in [2.05, 4.69) is 4.90 Å². The number of ether oxygens (including phenoxy) is 4. The summed E-state index contributed by atoms with van der Waals surface area (Å²) in [5, 5.41) is 0. The van der Waals surface area contributed by atoms with Crippen LogP contribution in [0.2, 0.25) is 0 Å². The molecule has 0 aromatic carbocycles. The number of hydrogen-bond acceptors (Lipinski definition) is 10. The van der Waals surface area contributed by atoms with Crippen LogP contribution in [0.4, 0.5) is 4.79 Å². The first-order chi connectivity index (χ1) is 17.1. The second kappa shape index (κ2) is 8.61. The van der Waals surface area contributed by atoms with Gasteiger partial charge < -0.3 is 39.4 Å². The van der Waals surface area contributed by atoms with Gasteiger partial charge in [-0.15, -0.1) is 0 Å². The van der Waals surface area contributed by atoms with E-state index in [0.717, 1.165) is 0 Å². The maximum atomic E-state index is 14.5. The van der Waals surface area contributed by atoms with E-state index in [0.29, 0.717) is 19.6 Å². The molecule has 12 nitrogen and oxygen atoms in total. The zero-order valence-electron chi connectivity index (χ0n) is 20.7. The average molecular weight is 618 g/mol. The number of piperazine rings is 1. The number of ketones is 2. The minimum absolute atomic E-state index is 0.137. The topological polar surface area (TPSA) is 141 Å². The normalized spacial score (nSPS) is 36.0. The van der Waals surface area contributed by atoms with E-state index < -0.39 is 38.8 Å². The second-order valence-corrected chi connectivity index (χ2v) is 11.5. The van der Waals surface area contributed by atoms with Gasteiger partial charge in [0.1, 0.15) is 12.6 Å². The van der Waals surface area contributed by atoms with Gasteiger partial charge in [0.25, 0.3) is 5.79 Å². The summed E-state index contributed by atoms with van der Waals surface area (Å²) in [6.07, 6.45) is -1.02. The molecular weight excluding hydrogens is 587 g/mol. The van der Waals surface area contributed by atoms with Crippen LogP contribution < -0.4 is 5.73 Å². The first-order valence-corrected chi connectivity index (χ1v) is 13.2. The first-order valence-electron chi connectivity index (χ1n) is 12.1. The smallest absolute Gasteiger partial charge is 0.404 e. The van der Waals surface area contributed by atoms with Gasteiger partial charge in [0.2, 0.25) is 17.5 Å². The molecule has 3 fully saturated rings. The molecule has 5 rings (SSSR count). The Balaban J connectivity index is 1.67. The lowest BCUT2D eigenvalue weighted by atomic mass is 9.75. The van der Waals surface area contributed by atoms with Crippen molar-refractivity contribution in [2.24, 2.45) is 11.7 Å². The van der Waals surface area contributed by atoms with Gasteiger partial charge in [-0.25, -0.2) is 4.79 Å². The minimum Gasteiger partial charge on any atom is -0.449 e. The number of amides is 2. The third-order valence-electron chi connectivity index (χ3n) is 8.27. The zero-order valence-corrected chi connectivity index (χ0v) is 22.9. The lowest BCUT2D eigenvalue weighted by Crippen LogP contribution is -2.68. The maximum Gasteiger partial charge on any atom is 0.404 e. The van der Waals surface area contributed by atoms with Gasteiger partial charge in [-0.2, -0.15) is 0 Å². The molecule has 36 heavy (non-hydrogen) atoms. The molecule has 4 aliphatic heterocycles. The summed E-state index contributed by atoms with van der Waals surface area (Å²) >= 11 is 2.03. The standard InChI is InChI=1S/C23H31IN4O8/c1-5-26(6-2)11-21(24)19(31)16-15(18(30)23(21)35-7-8-36-23)13(10-34-20(25)32)22(33-4)17-14(9-27(16)22)28(17)12(3)29/h13-14,17H,5-11H2,1-4H3,(H2,25,32)/t13-,14+,17+,21?,22-,28?/m1/s1. The highest BCUT2D eigenvalue weighted by Gasteiger charge is 2.81. The van der Waals surface area contributed by atoms with Crippen LogP contribution in [-0.2, 0) is 33.3 Å². The number of halogens is 1. The lowest BCUT2D eigenvalue weighted by Gasteiger charge is -2.46. The molecule has 1 aliphatic carbocycles. The molecule has 0 aromatic heterocycles. The van der Waals surface area contributed by atoms with Crippen LogP contribution >= 0.6 is 22.6 Å². The monoisotopic (exact) mass is 618 g/mol. The molecule has 0 radical (unpaired) electrons. The number of fused-ring (bicyclic) bond motifs is 4. The third-order valence-corrected chi connectivity index (χ3v) is 9.81. The summed E-state index contributed by atoms with van der Waals surface area (Å²) in [6, 6.07) is -0.600. The van der Waals surface area contributed by atoms with Crippen molar-refractivity contribution >= 4 is 46.2 Å². The molecule has 2 N–H and O–H groups in total. The maximum absolute atomic E-state index is 14.5. The summed E-state index contributed by atoms with van der Waals surface area (Å²) in [7, 11) is 1.47. The Labute approximate surface area is 222 Å². The van der Waals surface area contributed by atoms with Crippen LogP contribution in [-0.4, -0.2) is 118 Å². The summed E-state index contributed by atoms with van der Waals surface area (Å²) in [5.41, 5.74) is 4.39. The van der Waals surface area contributed by atoms with Crippen LogP contribution in [0.3, 0.4) is 0 Å². The molecule has 5 atom stereocenters. The number of allylic oxidation sites excluding steroid dienone is 1. The van der Waals surface area contributed by atoms with Gasteiger partial charge in [0.15, 0.2) is 9.15 Å². The predicted molar refractivity (Wildman–Crippen MR) is 132 cm³/mol. The summed E-state index contributed by atoms with van der Waals surface area (Å²) in [6.45, 7) is 7.36. The number of Topliss-reactive ketones (excluding diaryl/α,β-unsaturated/α-hetero) is 2. The molecule has 2 amide bonds. The van der Waals surface area contributed by atoms with Crippen LogP contribution in [0.5, 0.6) is 0 Å². The van der Waals surface area contributed by atoms with E-state index in [1.165, 1.54) is 14.0 Å². The van der Waals surface area contributed by atoms with E-state index >= 15 is 0 Å². The summed E-state index contributed by atoms with van der Waals surface area (Å²) < 4.78 is 22.0. The highest BCUT2D eigenvalue weighted by atomic mass is 127. The van der Waals surface area contributed by atoms with Gasteiger partial charge in [-0.3, -0.25) is 14.4 Å². The Morgan fingerprint density at radius 2 is 1.83 bits per heavy atom. The Hall–Kier alpha value is -1.81. The predicted octanol–water partition coefficient (Wildman–Crippen LogP) is -0.366. The Morgan fingerprint density at radius 3 is 2.36 bits per heavy atom. The van der Waals surface area contributed by atoms with Crippen molar-refractivity contribution in [3.05, 3.63) is 11.3 Å². The van der Waals surface area contributed by atoms with E-state index in [4.69, 9.17) is 24.7 Å². The van der Waals surface area contributed by atoms with E-state index in [1.807, 2.05) is 36.4 Å². The molecule has 4 heterocycles. The van der Waals surface area contributed by atoms with Crippen molar-refractivity contribution in [2.45, 2.75) is 47.8 Å². The van der Waals surface area contributed by atoms with Crippen molar-refractivity contribution in [1.82, 2.24) is 14.7 Å². The first kappa shape index (κ1) is 25.8. The molecule has 198 valence electrons. The van der Waals surface area contributed by atoms with Gasteiger partial charge in [-0.1, -0.05) is 36.4 Å². The van der Waals surface area contributed by atoms with Crippen molar-refractivity contribution in [3.8, 4) is 0 Å². The molecule has 1 unspecified atom stereocenters. The molecule has 0 bridgehead atoms. The number of hydrogen-bond donors (Lipinski definition) is 1. The van der Waals surface area contributed by atoms with Crippen LogP contribution in [0, 0.1) is 5.92 Å². The number of carbonyl (C=O) groups excluding carboxylic acids is 4. The van der Waals surface area contributed by atoms with Gasteiger partial charge in [0.05, 0.1) is 30.9 Å². The van der Waals surface area contributed by atoms with E-state index in [1.54, 1.807) is 9.80 Å². The number of nitrogens with zero attached hydrogens (tertiary/aromatic N) is 3. The second-order valence-electron chi connectivity index (χ2n) is 9.68. The number of alkyl halides is 1. The number of carbonyl (C=O) groups is 4. The minimum atomic E-state index is -1.82. The molecule has 0 saturated carbocycles. The molecule has 3 saturated heterocycles. The third kappa shape index (κ3) is 3.06. The summed E-state index contributed by atoms with van der Waals surface area (Å²) in [4.78, 5) is 58.4. The molecule has 1 spiro atoms. The summed E-state index contributed by atoms with van der Waals surface area (Å²) in [5.74, 6) is -3.62. The average Bonchev–Trinajstić information content (AvgIpc) is 3.14. The van der Waals surface area contributed by atoms with Crippen molar-refractivity contribution < 1.29 is 38.1 Å². The van der Waals surface area contributed by atoms with Crippen LogP contribution in [0.15, 0.2) is 11.3 Å².